The van der Waals surface area contributed by atoms with Gasteiger partial charge in [-0.2, -0.15) is 5.26 Å². The molecule has 148 valence electrons. The van der Waals surface area contributed by atoms with Crippen molar-refractivity contribution in [1.82, 2.24) is 0 Å². The van der Waals surface area contributed by atoms with Gasteiger partial charge in [-0.05, 0) is 25.3 Å². The van der Waals surface area contributed by atoms with Crippen molar-refractivity contribution in [3.63, 3.8) is 0 Å². The first kappa shape index (κ1) is 19.9. The van der Waals surface area contributed by atoms with Crippen LogP contribution >= 0.6 is 0 Å². The van der Waals surface area contributed by atoms with Crippen LogP contribution in [0.5, 0.6) is 0 Å². The summed E-state index contributed by atoms with van der Waals surface area (Å²) in [6, 6.07) is 2.43. The lowest BCUT2D eigenvalue weighted by Gasteiger charge is -2.24. The lowest BCUT2D eigenvalue weighted by Crippen LogP contribution is -3.08. The van der Waals surface area contributed by atoms with Gasteiger partial charge in [0.15, 0.2) is 0 Å². The summed E-state index contributed by atoms with van der Waals surface area (Å²) >= 11 is 0. The fourth-order valence-corrected chi connectivity index (χ4v) is 3.88. The summed E-state index contributed by atoms with van der Waals surface area (Å²) < 4.78 is 11.2. The maximum absolute atomic E-state index is 9.79. The standard InChI is InChI=1S/C20H31N5O2/c1-3-26-10-5-8-22-19-17(12-21)16-7-9-25(2)14-18(16)20(24-19)23-13-15-6-4-11-27-15/h15H,3-11,13-14H2,1-2H3,(H2,22,23,24)/p+2/t15-/m1/s1. The van der Waals surface area contributed by atoms with E-state index in [1.807, 2.05) is 6.92 Å². The number of ether oxygens (including phenoxy) is 2. The Morgan fingerprint density at radius 3 is 2.96 bits per heavy atom. The summed E-state index contributed by atoms with van der Waals surface area (Å²) in [6.45, 7) is 7.90. The van der Waals surface area contributed by atoms with E-state index in [1.54, 1.807) is 0 Å². The maximum atomic E-state index is 9.79. The lowest BCUT2D eigenvalue weighted by molar-refractivity contribution is -0.895. The molecule has 7 heteroatoms. The number of pyridine rings is 1. The Morgan fingerprint density at radius 2 is 2.22 bits per heavy atom. The molecule has 4 N–H and O–H groups in total. The molecule has 1 aromatic rings. The Morgan fingerprint density at radius 1 is 1.33 bits per heavy atom. The van der Waals surface area contributed by atoms with Crippen molar-refractivity contribution >= 4 is 11.6 Å². The Bertz CT molecular complexity index is 667. The summed E-state index contributed by atoms with van der Waals surface area (Å²) in [6.07, 6.45) is 4.37. The highest BCUT2D eigenvalue weighted by molar-refractivity contribution is 5.60. The van der Waals surface area contributed by atoms with E-state index < -0.39 is 0 Å². The largest absolute Gasteiger partial charge is 0.382 e. The molecule has 0 aromatic carbocycles. The van der Waals surface area contributed by atoms with Crippen molar-refractivity contribution in [2.24, 2.45) is 0 Å². The molecule has 1 aromatic heterocycles. The van der Waals surface area contributed by atoms with Gasteiger partial charge in [0.25, 0.3) is 0 Å². The van der Waals surface area contributed by atoms with Crippen molar-refractivity contribution in [3.8, 4) is 6.07 Å². The van der Waals surface area contributed by atoms with E-state index in [1.165, 1.54) is 16.0 Å². The predicted molar refractivity (Wildman–Crippen MR) is 104 cm³/mol. The molecule has 0 radical (unpaired) electrons. The fourth-order valence-electron chi connectivity index (χ4n) is 3.88. The fraction of sp³-hybridized carbons (Fsp3) is 0.700. The third-order valence-electron chi connectivity index (χ3n) is 5.36. The quantitative estimate of drug-likeness (QED) is 0.543. The zero-order chi connectivity index (χ0) is 19.1. The molecule has 1 fully saturated rings. The van der Waals surface area contributed by atoms with E-state index in [2.05, 4.69) is 28.7 Å². The first-order valence-corrected chi connectivity index (χ1v) is 10.2. The van der Waals surface area contributed by atoms with Gasteiger partial charge < -0.3 is 25.0 Å². The zero-order valence-electron chi connectivity index (χ0n) is 16.6. The van der Waals surface area contributed by atoms with E-state index in [0.717, 1.165) is 88.9 Å². The number of anilines is 2. The Kier molecular flexibility index (Phi) is 7.27. The second kappa shape index (κ2) is 9.88. The molecular formula is C20H33N5O2+2. The predicted octanol–water partition coefficient (Wildman–Crippen LogP) is 0.373. The number of fused-ring (bicyclic) bond motifs is 1. The minimum Gasteiger partial charge on any atom is -0.382 e. The average molecular weight is 376 g/mol. The lowest BCUT2D eigenvalue weighted by atomic mass is 9.96. The van der Waals surface area contributed by atoms with Crippen molar-refractivity contribution in [2.45, 2.75) is 45.3 Å². The Labute approximate surface area is 162 Å². The van der Waals surface area contributed by atoms with Crippen LogP contribution in [0.4, 0.5) is 11.6 Å². The van der Waals surface area contributed by atoms with Crippen LogP contribution in [0.1, 0.15) is 42.9 Å². The normalized spacial score (nSPS) is 21.5. The molecular weight excluding hydrogens is 342 g/mol. The van der Waals surface area contributed by atoms with Gasteiger partial charge in [0, 0.05) is 32.7 Å². The smallest absolute Gasteiger partial charge is 0.237 e. The summed E-state index contributed by atoms with van der Waals surface area (Å²) in [7, 11) is 2.21. The molecule has 27 heavy (non-hydrogen) atoms. The summed E-state index contributed by atoms with van der Waals surface area (Å²) in [5.41, 5.74) is 3.19. The third-order valence-corrected chi connectivity index (χ3v) is 5.36. The van der Waals surface area contributed by atoms with Crippen LogP contribution in [0, 0.1) is 11.3 Å². The van der Waals surface area contributed by atoms with Crippen LogP contribution in [0.3, 0.4) is 0 Å². The molecule has 1 saturated heterocycles. The SMILES string of the molecule is CCOCCCNc1[nH+]c(NC[C@H]2CCCO2)c2c(c1C#N)CC[NH+](C)C2. The van der Waals surface area contributed by atoms with Gasteiger partial charge >= 0.3 is 0 Å². The average Bonchev–Trinajstić information content (AvgIpc) is 3.19. The molecule has 2 atom stereocenters. The molecule has 1 unspecified atom stereocenters. The van der Waals surface area contributed by atoms with E-state index in [-0.39, 0.29) is 6.10 Å². The summed E-state index contributed by atoms with van der Waals surface area (Å²) in [4.78, 5) is 4.94. The van der Waals surface area contributed by atoms with Crippen LogP contribution in [0.2, 0.25) is 0 Å². The van der Waals surface area contributed by atoms with E-state index in [9.17, 15) is 5.26 Å². The second-order valence-corrected chi connectivity index (χ2v) is 7.45. The van der Waals surface area contributed by atoms with Gasteiger partial charge in [-0.3, -0.25) is 0 Å². The van der Waals surface area contributed by atoms with Crippen LogP contribution < -0.4 is 20.5 Å². The number of H-pyrrole nitrogens is 1. The van der Waals surface area contributed by atoms with Crippen LogP contribution in [-0.4, -0.2) is 52.6 Å². The van der Waals surface area contributed by atoms with Crippen LogP contribution in [-0.2, 0) is 22.4 Å². The number of quaternary nitrogens is 1. The van der Waals surface area contributed by atoms with Gasteiger partial charge in [-0.15, -0.1) is 0 Å². The molecule has 0 spiro atoms. The number of nitriles is 1. The number of hydrogen-bond donors (Lipinski definition) is 3. The minimum atomic E-state index is 0.279. The molecule has 0 amide bonds. The number of hydrogen-bond acceptors (Lipinski definition) is 5. The molecule has 3 heterocycles. The van der Waals surface area contributed by atoms with Crippen LogP contribution in [0.25, 0.3) is 0 Å². The molecule has 2 aliphatic heterocycles. The highest BCUT2D eigenvalue weighted by Crippen LogP contribution is 2.26. The van der Waals surface area contributed by atoms with Gasteiger partial charge in [0.2, 0.25) is 11.6 Å². The van der Waals surface area contributed by atoms with Crippen molar-refractivity contribution in [1.29, 1.82) is 5.26 Å². The zero-order valence-corrected chi connectivity index (χ0v) is 16.6. The number of nitrogens with zero attached hydrogens (tertiary/aromatic N) is 1. The number of likely N-dealkylation sites (N-methyl/N-ethyl adjacent to an activating group) is 1. The van der Waals surface area contributed by atoms with Gasteiger partial charge in [0.05, 0.1) is 38.3 Å². The van der Waals surface area contributed by atoms with E-state index in [0.29, 0.717) is 0 Å². The molecule has 3 rings (SSSR count). The third kappa shape index (κ3) is 5.10. The van der Waals surface area contributed by atoms with Crippen molar-refractivity contribution < 1.29 is 19.4 Å². The van der Waals surface area contributed by atoms with Crippen molar-refractivity contribution in [3.05, 3.63) is 16.7 Å². The maximum Gasteiger partial charge on any atom is 0.237 e. The van der Waals surface area contributed by atoms with Gasteiger partial charge in [0.1, 0.15) is 18.2 Å². The second-order valence-electron chi connectivity index (χ2n) is 7.45. The highest BCUT2D eigenvalue weighted by Gasteiger charge is 2.29. The van der Waals surface area contributed by atoms with Crippen LogP contribution in [0.15, 0.2) is 0 Å². The van der Waals surface area contributed by atoms with E-state index in [4.69, 9.17) is 9.47 Å². The number of aromatic nitrogens is 1. The Balaban J connectivity index is 1.79. The Hall–Kier alpha value is -1.88. The summed E-state index contributed by atoms with van der Waals surface area (Å²) in [5, 5.41) is 16.8. The summed E-state index contributed by atoms with van der Waals surface area (Å²) in [5.74, 6) is 1.85. The molecule has 2 aliphatic rings. The minimum absolute atomic E-state index is 0.279. The molecule has 0 aliphatic carbocycles. The molecule has 7 nitrogen and oxygen atoms in total. The number of aromatic amines is 1. The molecule has 0 bridgehead atoms. The van der Waals surface area contributed by atoms with Gasteiger partial charge in [-0.1, -0.05) is 0 Å². The van der Waals surface area contributed by atoms with E-state index >= 15 is 0 Å². The van der Waals surface area contributed by atoms with Gasteiger partial charge in [-0.25, -0.2) is 4.98 Å². The number of nitrogens with one attached hydrogen (secondary N) is 4. The highest BCUT2D eigenvalue weighted by atomic mass is 16.5. The first-order chi connectivity index (χ1) is 13.2. The monoisotopic (exact) mass is 375 g/mol. The topological polar surface area (TPSA) is 84.9 Å². The first-order valence-electron chi connectivity index (χ1n) is 10.2. The molecule has 0 saturated carbocycles. The van der Waals surface area contributed by atoms with Crippen molar-refractivity contribution in [2.75, 3.05) is 57.1 Å². The number of rotatable bonds is 9.